The number of amides is 1. The number of nitrogens with one attached hydrogen (secondary N) is 2. The molecule has 2 N–H and O–H groups in total. The van der Waals surface area contributed by atoms with Gasteiger partial charge in [-0.05, 0) is 29.8 Å². The van der Waals surface area contributed by atoms with E-state index >= 15 is 0 Å². The van der Waals surface area contributed by atoms with E-state index in [1.807, 2.05) is 18.2 Å². The summed E-state index contributed by atoms with van der Waals surface area (Å²) in [4.78, 5) is 11.0. The Bertz CT molecular complexity index is 631. The molecule has 0 saturated heterocycles. The van der Waals surface area contributed by atoms with Crippen LogP contribution in [0.5, 0.6) is 0 Å². The smallest absolute Gasteiger partial charge is 0.221 e. The zero-order chi connectivity index (χ0) is 14.5. The van der Waals surface area contributed by atoms with Gasteiger partial charge < -0.3 is 10.6 Å². The normalized spacial score (nSPS) is 10.2. The molecule has 0 radical (unpaired) electrons. The highest BCUT2D eigenvalue weighted by Gasteiger charge is 2.05. The summed E-state index contributed by atoms with van der Waals surface area (Å²) >= 11 is 6.04. The fourth-order valence-electron chi connectivity index (χ4n) is 1.77. The number of carbonyl (C=O) groups is 1. The highest BCUT2D eigenvalue weighted by atomic mass is 35.5. The molecule has 5 heteroatoms. The number of halogens is 2. The first-order chi connectivity index (χ1) is 9.56. The third-order valence-electron chi connectivity index (χ3n) is 2.71. The van der Waals surface area contributed by atoms with Crippen LogP contribution in [0.15, 0.2) is 42.5 Å². The standard InChI is InChI=1S/C15H14ClFN2O/c1-10(20)19-12-6-7-14(17)15(8-12)18-9-11-4-2-3-5-13(11)16/h2-8,18H,9H2,1H3,(H,19,20). The van der Waals surface area contributed by atoms with Crippen LogP contribution in [0.25, 0.3) is 0 Å². The van der Waals surface area contributed by atoms with Crippen molar-refractivity contribution in [2.24, 2.45) is 0 Å². The van der Waals surface area contributed by atoms with E-state index in [1.54, 1.807) is 12.1 Å². The maximum absolute atomic E-state index is 13.7. The molecule has 0 aliphatic rings. The van der Waals surface area contributed by atoms with Gasteiger partial charge in [0, 0.05) is 24.2 Å². The number of anilines is 2. The van der Waals surface area contributed by atoms with Crippen molar-refractivity contribution in [1.82, 2.24) is 0 Å². The van der Waals surface area contributed by atoms with Crippen molar-refractivity contribution in [2.75, 3.05) is 10.6 Å². The third kappa shape index (κ3) is 3.71. The van der Waals surface area contributed by atoms with Gasteiger partial charge in [-0.1, -0.05) is 29.8 Å². The predicted molar refractivity (Wildman–Crippen MR) is 79.5 cm³/mol. The van der Waals surface area contributed by atoms with E-state index < -0.39 is 0 Å². The van der Waals surface area contributed by atoms with Gasteiger partial charge in [-0.2, -0.15) is 0 Å². The summed E-state index contributed by atoms with van der Waals surface area (Å²) in [6.45, 7) is 1.81. The Kier molecular flexibility index (Phi) is 4.58. The highest BCUT2D eigenvalue weighted by molar-refractivity contribution is 6.31. The Morgan fingerprint density at radius 3 is 2.70 bits per heavy atom. The van der Waals surface area contributed by atoms with Crippen LogP contribution in [-0.4, -0.2) is 5.91 Å². The van der Waals surface area contributed by atoms with Crippen molar-refractivity contribution < 1.29 is 9.18 Å². The van der Waals surface area contributed by atoms with E-state index in [2.05, 4.69) is 10.6 Å². The molecule has 0 spiro atoms. The Labute approximate surface area is 121 Å². The third-order valence-corrected chi connectivity index (χ3v) is 3.08. The summed E-state index contributed by atoms with van der Waals surface area (Å²) in [6.07, 6.45) is 0. The maximum Gasteiger partial charge on any atom is 0.221 e. The largest absolute Gasteiger partial charge is 0.378 e. The molecule has 2 aromatic rings. The molecule has 0 aromatic heterocycles. The summed E-state index contributed by atoms with van der Waals surface area (Å²) in [5, 5.41) is 6.21. The molecule has 104 valence electrons. The first-order valence-corrected chi connectivity index (χ1v) is 6.48. The molecule has 2 aromatic carbocycles. The van der Waals surface area contributed by atoms with Crippen molar-refractivity contribution in [3.05, 3.63) is 58.9 Å². The molecule has 3 nitrogen and oxygen atoms in total. The SMILES string of the molecule is CC(=O)Nc1ccc(F)c(NCc2ccccc2Cl)c1. The minimum Gasteiger partial charge on any atom is -0.378 e. The van der Waals surface area contributed by atoms with Crippen LogP contribution < -0.4 is 10.6 Å². The summed E-state index contributed by atoms with van der Waals surface area (Å²) < 4.78 is 13.7. The lowest BCUT2D eigenvalue weighted by molar-refractivity contribution is -0.114. The van der Waals surface area contributed by atoms with Gasteiger partial charge in [0.2, 0.25) is 5.91 Å². The fourth-order valence-corrected chi connectivity index (χ4v) is 1.98. The van der Waals surface area contributed by atoms with Crippen LogP contribution in [0.2, 0.25) is 5.02 Å². The Morgan fingerprint density at radius 2 is 2.00 bits per heavy atom. The van der Waals surface area contributed by atoms with Crippen LogP contribution in [-0.2, 0) is 11.3 Å². The lowest BCUT2D eigenvalue weighted by Crippen LogP contribution is -2.07. The average Bonchev–Trinajstić information content (AvgIpc) is 2.40. The first kappa shape index (κ1) is 14.3. The minimum absolute atomic E-state index is 0.200. The Balaban J connectivity index is 2.12. The van der Waals surface area contributed by atoms with Gasteiger partial charge >= 0.3 is 0 Å². The first-order valence-electron chi connectivity index (χ1n) is 6.10. The summed E-state index contributed by atoms with van der Waals surface area (Å²) in [6, 6.07) is 11.7. The monoisotopic (exact) mass is 292 g/mol. The van der Waals surface area contributed by atoms with Crippen LogP contribution in [0.4, 0.5) is 15.8 Å². The van der Waals surface area contributed by atoms with Crippen molar-refractivity contribution in [2.45, 2.75) is 13.5 Å². The van der Waals surface area contributed by atoms with Crippen molar-refractivity contribution in [3.63, 3.8) is 0 Å². The molecule has 20 heavy (non-hydrogen) atoms. The second-order valence-electron chi connectivity index (χ2n) is 4.32. The van der Waals surface area contributed by atoms with Gasteiger partial charge in [-0.25, -0.2) is 4.39 Å². The lowest BCUT2D eigenvalue weighted by Gasteiger charge is -2.11. The summed E-state index contributed by atoms with van der Waals surface area (Å²) in [7, 11) is 0. The van der Waals surface area contributed by atoms with E-state index in [-0.39, 0.29) is 11.7 Å². The van der Waals surface area contributed by atoms with Gasteiger partial charge in [0.1, 0.15) is 5.82 Å². The van der Waals surface area contributed by atoms with Crippen LogP contribution >= 0.6 is 11.6 Å². The maximum atomic E-state index is 13.7. The van der Waals surface area contributed by atoms with Crippen molar-refractivity contribution in [3.8, 4) is 0 Å². The van der Waals surface area contributed by atoms with Crippen LogP contribution in [0.3, 0.4) is 0 Å². The van der Waals surface area contributed by atoms with E-state index in [4.69, 9.17) is 11.6 Å². The van der Waals surface area contributed by atoms with E-state index in [0.29, 0.717) is 22.9 Å². The second-order valence-corrected chi connectivity index (χ2v) is 4.73. The molecule has 0 saturated carbocycles. The number of hydrogen-bond donors (Lipinski definition) is 2. The lowest BCUT2D eigenvalue weighted by atomic mass is 10.2. The van der Waals surface area contributed by atoms with E-state index in [1.165, 1.54) is 19.1 Å². The summed E-state index contributed by atoms with van der Waals surface area (Å²) in [5.41, 5.74) is 1.73. The molecule has 0 aliphatic heterocycles. The van der Waals surface area contributed by atoms with Gasteiger partial charge in [-0.3, -0.25) is 4.79 Å². The predicted octanol–water partition coefficient (Wildman–Crippen LogP) is 4.05. The van der Waals surface area contributed by atoms with Gasteiger partial charge in [-0.15, -0.1) is 0 Å². The topological polar surface area (TPSA) is 41.1 Å². The minimum atomic E-state index is -0.383. The molecule has 2 rings (SSSR count). The molecule has 1 amide bonds. The molecule has 0 unspecified atom stereocenters. The Morgan fingerprint density at radius 1 is 1.25 bits per heavy atom. The van der Waals surface area contributed by atoms with E-state index in [0.717, 1.165) is 5.56 Å². The molecular weight excluding hydrogens is 279 g/mol. The fraction of sp³-hybridized carbons (Fsp3) is 0.133. The number of carbonyl (C=O) groups excluding carboxylic acids is 1. The van der Waals surface area contributed by atoms with E-state index in [9.17, 15) is 9.18 Å². The number of rotatable bonds is 4. The number of benzene rings is 2. The zero-order valence-electron chi connectivity index (χ0n) is 10.9. The zero-order valence-corrected chi connectivity index (χ0v) is 11.7. The van der Waals surface area contributed by atoms with Gasteiger partial charge in [0.05, 0.1) is 5.69 Å². The highest BCUT2D eigenvalue weighted by Crippen LogP contribution is 2.22. The molecule has 0 heterocycles. The molecule has 0 aliphatic carbocycles. The van der Waals surface area contributed by atoms with Crippen LogP contribution in [0.1, 0.15) is 12.5 Å². The molecule has 0 fully saturated rings. The van der Waals surface area contributed by atoms with Crippen molar-refractivity contribution in [1.29, 1.82) is 0 Å². The average molecular weight is 293 g/mol. The van der Waals surface area contributed by atoms with Gasteiger partial charge in [0.15, 0.2) is 0 Å². The molecular formula is C15H14ClFN2O. The quantitative estimate of drug-likeness (QED) is 0.892. The molecule has 0 atom stereocenters. The summed E-state index contributed by atoms with van der Waals surface area (Å²) in [5.74, 6) is -0.584. The molecule has 0 bridgehead atoms. The number of hydrogen-bond acceptors (Lipinski definition) is 2. The van der Waals surface area contributed by atoms with Crippen LogP contribution in [0, 0.1) is 5.82 Å². The van der Waals surface area contributed by atoms with Crippen molar-refractivity contribution >= 4 is 28.9 Å². The second kappa shape index (κ2) is 6.39. The Hall–Kier alpha value is -2.07. The van der Waals surface area contributed by atoms with Gasteiger partial charge in [0.25, 0.3) is 0 Å².